The van der Waals surface area contributed by atoms with Crippen LogP contribution in [0, 0.1) is 23.4 Å². The molecule has 3 rings (SSSR count). The lowest BCUT2D eigenvalue weighted by Crippen LogP contribution is -2.36. The highest BCUT2D eigenvalue weighted by atomic mass is 32.2. The van der Waals surface area contributed by atoms with Gasteiger partial charge >= 0.3 is 0 Å². The molecule has 2 saturated heterocycles. The molecule has 3 nitrogen and oxygen atoms in total. The first kappa shape index (κ1) is 15.5. The van der Waals surface area contributed by atoms with Crippen molar-refractivity contribution in [1.82, 2.24) is 0 Å². The molecule has 2 heterocycles. The van der Waals surface area contributed by atoms with Gasteiger partial charge < -0.3 is 0 Å². The van der Waals surface area contributed by atoms with Crippen LogP contribution in [0.25, 0.3) is 0 Å². The van der Waals surface area contributed by atoms with Crippen LogP contribution in [0.1, 0.15) is 31.2 Å². The number of carbonyl (C=O) groups is 1. The number of Topliss-reactive ketones (excluding diaryl/α,β-unsaturated/α-hetero) is 1. The first-order valence-corrected chi connectivity index (χ1v) is 8.79. The number of ketones is 1. The van der Waals surface area contributed by atoms with Gasteiger partial charge in [0.2, 0.25) is 0 Å². The van der Waals surface area contributed by atoms with Gasteiger partial charge in [-0.1, -0.05) is 0 Å². The minimum absolute atomic E-state index is 0.205. The van der Waals surface area contributed by atoms with Gasteiger partial charge in [0, 0.05) is 17.9 Å². The van der Waals surface area contributed by atoms with Gasteiger partial charge in [0.05, 0.1) is 10.5 Å². The minimum Gasteiger partial charge on any atom is -0.299 e. The average Bonchev–Trinajstić information content (AvgIpc) is 2.67. The maximum atomic E-state index is 13.6. The monoisotopic (exact) mass is 332 g/mol. The molecule has 2 unspecified atom stereocenters. The van der Waals surface area contributed by atoms with Gasteiger partial charge in [-0.3, -0.25) is 4.79 Å². The van der Waals surface area contributed by atoms with Gasteiger partial charge in [0.15, 0.2) is 21.5 Å². The molecule has 2 aliphatic heterocycles. The van der Waals surface area contributed by atoms with E-state index in [0.29, 0.717) is 18.9 Å². The second kappa shape index (κ2) is 5.37. The smallest absolute Gasteiger partial charge is 0.165 e. The number of benzene rings is 1. The van der Waals surface area contributed by atoms with E-state index in [1.807, 2.05) is 0 Å². The van der Waals surface area contributed by atoms with E-state index >= 15 is 0 Å². The molecule has 0 N–H and O–H groups in total. The van der Waals surface area contributed by atoms with Crippen LogP contribution < -0.4 is 0 Å². The summed E-state index contributed by atoms with van der Waals surface area (Å²) in [5, 5.41) is -1.05. The van der Waals surface area contributed by atoms with Crippen molar-refractivity contribution in [2.75, 3.05) is 0 Å². The fraction of sp³-hybridized carbons (Fsp3) is 0.533. The molecule has 0 aliphatic carbocycles. The SMILES string of the molecule is O=C(Cc1c(F)ccc(F)c1F)C1CC2CCC(C1)S2(=O)=O. The molecule has 1 aromatic carbocycles. The van der Waals surface area contributed by atoms with Crippen LogP contribution in [0.3, 0.4) is 0 Å². The standard InChI is InChI=1S/C15H15F3O3S/c16-12-3-4-13(17)15(18)11(12)7-14(19)8-5-9-1-2-10(6-8)22(9,20)21/h3-4,8-10H,1-2,5-7H2. The van der Waals surface area contributed by atoms with E-state index in [-0.39, 0.29) is 12.8 Å². The quantitative estimate of drug-likeness (QED) is 0.800. The molecule has 2 bridgehead atoms. The third-order valence-corrected chi connectivity index (χ3v) is 7.49. The van der Waals surface area contributed by atoms with Crippen LogP contribution in [-0.4, -0.2) is 24.7 Å². The van der Waals surface area contributed by atoms with Crippen LogP contribution in [0.4, 0.5) is 13.2 Å². The highest BCUT2D eigenvalue weighted by Gasteiger charge is 2.48. The molecule has 22 heavy (non-hydrogen) atoms. The van der Waals surface area contributed by atoms with E-state index in [0.717, 1.165) is 6.07 Å². The molecule has 0 amide bonds. The Morgan fingerprint density at radius 2 is 1.59 bits per heavy atom. The molecule has 1 aromatic rings. The summed E-state index contributed by atoms with van der Waals surface area (Å²) in [5.41, 5.74) is -0.578. The van der Waals surface area contributed by atoms with Crippen molar-refractivity contribution in [3.8, 4) is 0 Å². The van der Waals surface area contributed by atoms with Crippen LogP contribution in [0.15, 0.2) is 12.1 Å². The van der Waals surface area contributed by atoms with Crippen molar-refractivity contribution in [2.45, 2.75) is 42.6 Å². The third kappa shape index (κ3) is 2.45. The summed E-state index contributed by atoms with van der Waals surface area (Å²) in [7, 11) is -3.15. The van der Waals surface area contributed by atoms with E-state index in [4.69, 9.17) is 0 Å². The fourth-order valence-electron chi connectivity index (χ4n) is 3.52. The molecular formula is C15H15F3O3S. The van der Waals surface area contributed by atoms with Gasteiger partial charge in [-0.25, -0.2) is 21.6 Å². The lowest BCUT2D eigenvalue weighted by atomic mass is 9.90. The predicted molar refractivity (Wildman–Crippen MR) is 73.5 cm³/mol. The molecule has 0 saturated carbocycles. The number of hydrogen-bond acceptors (Lipinski definition) is 3. The van der Waals surface area contributed by atoms with Crippen LogP contribution in [-0.2, 0) is 21.1 Å². The second-order valence-corrected chi connectivity index (χ2v) is 8.55. The van der Waals surface area contributed by atoms with Crippen LogP contribution in [0.5, 0.6) is 0 Å². The highest BCUT2D eigenvalue weighted by molar-refractivity contribution is 7.93. The van der Waals surface area contributed by atoms with Gasteiger partial charge in [-0.15, -0.1) is 0 Å². The Morgan fingerprint density at radius 1 is 1.05 bits per heavy atom. The Kier molecular flexibility index (Phi) is 3.79. The molecule has 0 aromatic heterocycles. The lowest BCUT2D eigenvalue weighted by molar-refractivity contribution is -0.122. The van der Waals surface area contributed by atoms with Gasteiger partial charge in [0.25, 0.3) is 0 Å². The number of carbonyl (C=O) groups excluding carboxylic acids is 1. The van der Waals surface area contributed by atoms with Crippen molar-refractivity contribution in [3.63, 3.8) is 0 Å². The van der Waals surface area contributed by atoms with Crippen molar-refractivity contribution >= 4 is 15.6 Å². The summed E-state index contributed by atoms with van der Waals surface area (Å²) in [6.07, 6.45) is 0.949. The fourth-order valence-corrected chi connectivity index (χ4v) is 5.99. The van der Waals surface area contributed by atoms with Crippen molar-refractivity contribution < 1.29 is 26.4 Å². The summed E-state index contributed by atoms with van der Waals surface area (Å²) < 4.78 is 64.3. The van der Waals surface area contributed by atoms with Gasteiger partial charge in [0.1, 0.15) is 11.6 Å². The first-order valence-electron chi connectivity index (χ1n) is 7.18. The predicted octanol–water partition coefficient (Wildman–Crippen LogP) is 2.57. The molecule has 120 valence electrons. The lowest BCUT2D eigenvalue weighted by Gasteiger charge is -2.27. The third-order valence-electron chi connectivity index (χ3n) is 4.78. The van der Waals surface area contributed by atoms with Crippen LogP contribution in [0.2, 0.25) is 0 Å². The summed E-state index contributed by atoms with van der Waals surface area (Å²) in [6, 6.07) is 1.46. The van der Waals surface area contributed by atoms with Crippen LogP contribution >= 0.6 is 0 Å². The first-order chi connectivity index (χ1) is 10.3. The number of hydrogen-bond donors (Lipinski definition) is 0. The van der Waals surface area contributed by atoms with Crippen molar-refractivity contribution in [3.05, 3.63) is 35.1 Å². The summed E-state index contributed by atoms with van der Waals surface area (Å²) in [6.45, 7) is 0. The molecule has 2 aliphatic rings. The zero-order valence-corrected chi connectivity index (χ0v) is 12.5. The Bertz CT molecular complexity index is 710. The maximum absolute atomic E-state index is 13.6. The van der Waals surface area contributed by atoms with E-state index in [2.05, 4.69) is 0 Å². The second-order valence-electron chi connectivity index (χ2n) is 6.04. The summed E-state index contributed by atoms with van der Waals surface area (Å²) in [4.78, 5) is 12.3. The van der Waals surface area contributed by atoms with Gasteiger partial charge in [-0.05, 0) is 37.8 Å². The van der Waals surface area contributed by atoms with E-state index in [1.54, 1.807) is 0 Å². The highest BCUT2D eigenvalue weighted by Crippen LogP contribution is 2.41. The molecule has 7 heteroatoms. The zero-order valence-electron chi connectivity index (χ0n) is 11.7. The molecule has 0 spiro atoms. The van der Waals surface area contributed by atoms with Gasteiger partial charge in [-0.2, -0.15) is 0 Å². The Labute approximate surface area is 126 Å². The van der Waals surface area contributed by atoms with E-state index in [1.165, 1.54) is 0 Å². The Balaban J connectivity index is 1.79. The molecule has 2 fully saturated rings. The number of rotatable bonds is 3. The average molecular weight is 332 g/mol. The summed E-state index contributed by atoms with van der Waals surface area (Å²) >= 11 is 0. The van der Waals surface area contributed by atoms with Crippen molar-refractivity contribution in [1.29, 1.82) is 0 Å². The minimum atomic E-state index is -3.15. The Morgan fingerprint density at radius 3 is 2.18 bits per heavy atom. The maximum Gasteiger partial charge on any atom is 0.165 e. The van der Waals surface area contributed by atoms with Crippen molar-refractivity contribution in [2.24, 2.45) is 5.92 Å². The number of halogens is 3. The normalized spacial score (nSPS) is 29.5. The Hall–Kier alpha value is -1.37. The van der Waals surface area contributed by atoms with E-state index < -0.39 is 61.5 Å². The number of sulfone groups is 1. The molecular weight excluding hydrogens is 317 g/mol. The topological polar surface area (TPSA) is 51.2 Å². The molecule has 0 radical (unpaired) electrons. The van der Waals surface area contributed by atoms with E-state index in [9.17, 15) is 26.4 Å². The molecule has 2 atom stereocenters. The zero-order chi connectivity index (χ0) is 16.1. The largest absolute Gasteiger partial charge is 0.299 e. The summed E-state index contributed by atoms with van der Waals surface area (Å²) in [5.74, 6) is -4.45. The number of fused-ring (bicyclic) bond motifs is 2.